The van der Waals surface area contributed by atoms with Crippen LogP contribution in [0.1, 0.15) is 116 Å². The van der Waals surface area contributed by atoms with E-state index in [1.165, 1.54) is 122 Å². The molecule has 1 heterocycles. The minimum Gasteiger partial charge on any atom is -0.313 e. The average molecular weight is 334 g/mol. The van der Waals surface area contributed by atoms with Crippen LogP contribution in [0.2, 0.25) is 0 Å². The first-order chi connectivity index (χ1) is 11.9. The van der Waals surface area contributed by atoms with E-state index >= 15 is 0 Å². The van der Waals surface area contributed by atoms with Gasteiger partial charge in [-0.05, 0) is 50.0 Å². The highest BCUT2D eigenvalue weighted by Crippen LogP contribution is 2.39. The van der Waals surface area contributed by atoms with E-state index < -0.39 is 0 Å². The number of rotatable bonds is 1. The van der Waals surface area contributed by atoms with Crippen LogP contribution in [0.5, 0.6) is 0 Å². The Balaban J connectivity index is 1.71. The van der Waals surface area contributed by atoms with Gasteiger partial charge in [0.2, 0.25) is 0 Å². The van der Waals surface area contributed by atoms with Gasteiger partial charge < -0.3 is 5.32 Å². The summed E-state index contributed by atoms with van der Waals surface area (Å²) >= 11 is 0. The first-order valence-corrected chi connectivity index (χ1v) is 11.7. The second kappa shape index (κ2) is 10.8. The Morgan fingerprint density at radius 3 is 1.54 bits per heavy atom. The van der Waals surface area contributed by atoms with Crippen LogP contribution in [0.4, 0.5) is 0 Å². The molecule has 0 aromatic rings. The zero-order valence-corrected chi connectivity index (χ0v) is 16.2. The molecule has 3 unspecified atom stereocenters. The van der Waals surface area contributed by atoms with E-state index in [2.05, 4.69) is 5.32 Å². The van der Waals surface area contributed by atoms with Gasteiger partial charge in [0.15, 0.2) is 0 Å². The predicted octanol–water partition coefficient (Wildman–Crippen LogP) is 6.86. The Kier molecular flexibility index (Phi) is 8.47. The van der Waals surface area contributed by atoms with Crippen molar-refractivity contribution in [1.29, 1.82) is 0 Å². The van der Waals surface area contributed by atoms with Gasteiger partial charge in [-0.25, -0.2) is 0 Å². The lowest BCUT2D eigenvalue weighted by Crippen LogP contribution is -2.46. The van der Waals surface area contributed by atoms with Crippen molar-refractivity contribution in [2.75, 3.05) is 6.54 Å². The molecule has 1 aliphatic heterocycles. The predicted molar refractivity (Wildman–Crippen MR) is 105 cm³/mol. The zero-order chi connectivity index (χ0) is 16.5. The summed E-state index contributed by atoms with van der Waals surface area (Å²) in [6, 6.07) is 0.854. The standard InChI is InChI=1S/C23H43N/c1-3-8-14-20(15-9-4-1)22-18-12-7-11-17-21-16-10-5-2-6-13-19-24-23(21)22/h20-24H,1-19H2. The monoisotopic (exact) mass is 333 g/mol. The minimum absolute atomic E-state index is 0.854. The quantitative estimate of drug-likeness (QED) is 0.553. The molecule has 0 bridgehead atoms. The van der Waals surface area contributed by atoms with Crippen LogP contribution in [0, 0.1) is 17.8 Å². The summed E-state index contributed by atoms with van der Waals surface area (Å²) in [6.07, 6.45) is 27.0. The molecule has 0 radical (unpaired) electrons. The summed E-state index contributed by atoms with van der Waals surface area (Å²) in [5.74, 6) is 3.01. The first-order valence-electron chi connectivity index (χ1n) is 11.7. The summed E-state index contributed by atoms with van der Waals surface area (Å²) < 4.78 is 0. The molecule has 140 valence electrons. The molecule has 3 rings (SSSR count). The van der Waals surface area contributed by atoms with Crippen LogP contribution >= 0.6 is 0 Å². The molecule has 3 aliphatic rings. The highest BCUT2D eigenvalue weighted by atomic mass is 14.9. The van der Waals surface area contributed by atoms with E-state index in [0.29, 0.717) is 0 Å². The summed E-state index contributed by atoms with van der Waals surface area (Å²) in [4.78, 5) is 0. The molecule has 3 atom stereocenters. The molecule has 24 heavy (non-hydrogen) atoms. The number of hydrogen-bond acceptors (Lipinski definition) is 1. The molecule has 1 heteroatoms. The summed E-state index contributed by atoms with van der Waals surface area (Å²) in [6.45, 7) is 1.30. The van der Waals surface area contributed by atoms with Gasteiger partial charge in [0.25, 0.3) is 0 Å². The molecule has 2 saturated carbocycles. The summed E-state index contributed by atoms with van der Waals surface area (Å²) in [5, 5.41) is 4.14. The largest absolute Gasteiger partial charge is 0.313 e. The van der Waals surface area contributed by atoms with Gasteiger partial charge in [-0.15, -0.1) is 0 Å². The van der Waals surface area contributed by atoms with Gasteiger partial charge in [-0.1, -0.05) is 89.9 Å². The topological polar surface area (TPSA) is 12.0 Å². The molecule has 1 saturated heterocycles. The van der Waals surface area contributed by atoms with Crippen molar-refractivity contribution in [3.05, 3.63) is 0 Å². The van der Waals surface area contributed by atoms with Crippen molar-refractivity contribution in [2.24, 2.45) is 17.8 Å². The Morgan fingerprint density at radius 2 is 0.875 bits per heavy atom. The third-order valence-corrected chi connectivity index (χ3v) is 7.47. The van der Waals surface area contributed by atoms with Crippen LogP contribution in [0.3, 0.4) is 0 Å². The van der Waals surface area contributed by atoms with Crippen molar-refractivity contribution in [1.82, 2.24) is 5.32 Å². The third kappa shape index (κ3) is 5.75. The molecule has 0 spiro atoms. The van der Waals surface area contributed by atoms with Gasteiger partial charge in [-0.2, -0.15) is 0 Å². The molecular formula is C23H43N. The molecule has 0 amide bonds. The van der Waals surface area contributed by atoms with Crippen molar-refractivity contribution in [3.8, 4) is 0 Å². The highest BCUT2D eigenvalue weighted by Gasteiger charge is 2.34. The Hall–Kier alpha value is -0.0400. The molecule has 2 aliphatic carbocycles. The van der Waals surface area contributed by atoms with Gasteiger partial charge in [0.05, 0.1) is 0 Å². The smallest absolute Gasteiger partial charge is 0.0126 e. The van der Waals surface area contributed by atoms with Crippen LogP contribution in [0.15, 0.2) is 0 Å². The molecule has 0 aromatic heterocycles. The zero-order valence-electron chi connectivity index (χ0n) is 16.2. The Morgan fingerprint density at radius 1 is 0.417 bits per heavy atom. The van der Waals surface area contributed by atoms with Gasteiger partial charge in [0.1, 0.15) is 0 Å². The van der Waals surface area contributed by atoms with Crippen molar-refractivity contribution in [3.63, 3.8) is 0 Å². The summed E-state index contributed by atoms with van der Waals surface area (Å²) in [5.41, 5.74) is 0. The van der Waals surface area contributed by atoms with E-state index in [-0.39, 0.29) is 0 Å². The fraction of sp³-hybridized carbons (Fsp3) is 1.00. The molecule has 0 aromatic carbocycles. The molecule has 1 nitrogen and oxygen atoms in total. The number of nitrogens with one attached hydrogen (secondary N) is 1. The van der Waals surface area contributed by atoms with Gasteiger partial charge >= 0.3 is 0 Å². The lowest BCUT2D eigenvalue weighted by molar-refractivity contribution is 0.126. The number of fused-ring (bicyclic) bond motifs is 1. The van der Waals surface area contributed by atoms with Crippen LogP contribution in [0.25, 0.3) is 0 Å². The van der Waals surface area contributed by atoms with E-state index in [9.17, 15) is 0 Å². The molecule has 3 fully saturated rings. The summed E-state index contributed by atoms with van der Waals surface area (Å²) in [7, 11) is 0. The first kappa shape index (κ1) is 18.7. The van der Waals surface area contributed by atoms with Crippen LogP contribution < -0.4 is 5.32 Å². The average Bonchev–Trinajstić information content (AvgIpc) is 2.55. The van der Waals surface area contributed by atoms with Crippen molar-refractivity contribution in [2.45, 2.75) is 122 Å². The van der Waals surface area contributed by atoms with E-state index in [4.69, 9.17) is 0 Å². The number of hydrogen-bond donors (Lipinski definition) is 1. The van der Waals surface area contributed by atoms with E-state index in [1.807, 2.05) is 0 Å². The van der Waals surface area contributed by atoms with Crippen molar-refractivity contribution >= 4 is 0 Å². The maximum Gasteiger partial charge on any atom is 0.0126 e. The second-order valence-corrected chi connectivity index (χ2v) is 9.20. The van der Waals surface area contributed by atoms with Gasteiger partial charge in [-0.3, -0.25) is 0 Å². The van der Waals surface area contributed by atoms with E-state index in [1.54, 1.807) is 0 Å². The van der Waals surface area contributed by atoms with Crippen LogP contribution in [-0.4, -0.2) is 12.6 Å². The third-order valence-electron chi connectivity index (χ3n) is 7.47. The van der Waals surface area contributed by atoms with Crippen molar-refractivity contribution < 1.29 is 0 Å². The Labute approximate surface area is 151 Å². The van der Waals surface area contributed by atoms with E-state index in [0.717, 1.165) is 23.8 Å². The fourth-order valence-electron chi connectivity index (χ4n) is 6.09. The SMILES string of the molecule is C1CCCC(C2CCCCCC3CCCCCCCNC32)CCC1. The molecule has 1 N–H and O–H groups in total. The molecular weight excluding hydrogens is 290 g/mol. The van der Waals surface area contributed by atoms with Crippen LogP contribution in [-0.2, 0) is 0 Å². The lowest BCUT2D eigenvalue weighted by Gasteiger charge is -2.42. The highest BCUT2D eigenvalue weighted by molar-refractivity contribution is 4.89. The van der Waals surface area contributed by atoms with Gasteiger partial charge in [0, 0.05) is 6.04 Å². The maximum atomic E-state index is 4.14. The minimum atomic E-state index is 0.854. The Bertz CT molecular complexity index is 310. The second-order valence-electron chi connectivity index (χ2n) is 9.20. The lowest BCUT2D eigenvalue weighted by atomic mass is 9.69. The normalized spacial score (nSPS) is 35.8. The maximum absolute atomic E-state index is 4.14. The fourth-order valence-corrected chi connectivity index (χ4v) is 6.09.